The molecule has 134 valence electrons. The third-order valence-electron chi connectivity index (χ3n) is 8.95. The van der Waals surface area contributed by atoms with Crippen LogP contribution in [0.1, 0.15) is 72.1 Å². The van der Waals surface area contributed by atoms with Crippen molar-refractivity contribution >= 4 is 11.6 Å². The van der Waals surface area contributed by atoms with E-state index in [4.69, 9.17) is 0 Å². The van der Waals surface area contributed by atoms with E-state index in [0.717, 1.165) is 32.1 Å². The number of fused-ring (bicyclic) bond motifs is 5. The highest BCUT2D eigenvalue weighted by molar-refractivity contribution is 5.85. The van der Waals surface area contributed by atoms with Gasteiger partial charge in [0.05, 0.1) is 0 Å². The predicted molar refractivity (Wildman–Crippen MR) is 92.3 cm³/mol. The molecule has 0 aromatic rings. The van der Waals surface area contributed by atoms with Crippen molar-refractivity contribution in [1.29, 1.82) is 0 Å². The molecule has 0 heterocycles. The monoisotopic (exact) mass is 332 g/mol. The van der Waals surface area contributed by atoms with Gasteiger partial charge >= 0.3 is 0 Å². The number of aliphatic hydroxyl groups excluding tert-OH is 1. The minimum atomic E-state index is -0.731. The quantitative estimate of drug-likeness (QED) is 0.795. The summed E-state index contributed by atoms with van der Waals surface area (Å²) in [4.78, 5) is 24.9. The fourth-order valence-electron chi connectivity index (χ4n) is 7.68. The summed E-state index contributed by atoms with van der Waals surface area (Å²) in [7, 11) is 0. The molecule has 4 fully saturated rings. The van der Waals surface area contributed by atoms with Gasteiger partial charge in [-0.25, -0.2) is 0 Å². The maximum atomic E-state index is 12.6. The van der Waals surface area contributed by atoms with E-state index in [1.807, 2.05) is 0 Å². The number of hydrogen-bond acceptors (Lipinski definition) is 3. The number of rotatable bonds is 1. The summed E-state index contributed by atoms with van der Waals surface area (Å²) in [5.41, 5.74) is 0.238. The van der Waals surface area contributed by atoms with Crippen LogP contribution in [0.2, 0.25) is 0 Å². The molecule has 0 aromatic carbocycles. The molecule has 0 aromatic heterocycles. The largest absolute Gasteiger partial charge is 0.385 e. The van der Waals surface area contributed by atoms with Crippen molar-refractivity contribution < 1.29 is 14.7 Å². The average Bonchev–Trinajstić information content (AvgIpc) is 2.78. The van der Waals surface area contributed by atoms with Crippen LogP contribution in [-0.4, -0.2) is 22.8 Å². The minimum Gasteiger partial charge on any atom is -0.385 e. The number of ketones is 2. The Kier molecular flexibility index (Phi) is 3.77. The first-order valence-electron chi connectivity index (χ1n) is 10.0. The van der Waals surface area contributed by atoms with E-state index in [9.17, 15) is 14.7 Å². The van der Waals surface area contributed by atoms with Crippen LogP contribution in [0.3, 0.4) is 0 Å². The topological polar surface area (TPSA) is 54.4 Å². The number of carbonyl (C=O) groups excluding carboxylic acids is 2. The number of aliphatic hydroxyl groups is 1. The second-order valence-corrected chi connectivity index (χ2v) is 9.73. The molecule has 0 radical (unpaired) electrons. The summed E-state index contributed by atoms with van der Waals surface area (Å²) < 4.78 is 0. The Morgan fingerprint density at radius 1 is 1.04 bits per heavy atom. The van der Waals surface area contributed by atoms with Gasteiger partial charge in [-0.05, 0) is 73.0 Å². The van der Waals surface area contributed by atoms with Gasteiger partial charge in [-0.1, -0.05) is 20.8 Å². The lowest BCUT2D eigenvalue weighted by atomic mass is 9.44. The smallest absolute Gasteiger partial charge is 0.161 e. The van der Waals surface area contributed by atoms with Crippen LogP contribution in [0.25, 0.3) is 0 Å². The van der Waals surface area contributed by atoms with Gasteiger partial charge in [0.2, 0.25) is 0 Å². The van der Waals surface area contributed by atoms with E-state index in [0.29, 0.717) is 42.3 Å². The molecule has 4 aliphatic rings. The van der Waals surface area contributed by atoms with Gasteiger partial charge in [-0.2, -0.15) is 0 Å². The average molecular weight is 332 g/mol. The van der Waals surface area contributed by atoms with Crippen molar-refractivity contribution in [3.63, 3.8) is 0 Å². The first-order chi connectivity index (χ1) is 11.3. The van der Waals surface area contributed by atoms with Gasteiger partial charge in [0.1, 0.15) is 11.9 Å². The molecular formula is C21H32O3. The van der Waals surface area contributed by atoms with Gasteiger partial charge in [0, 0.05) is 18.8 Å². The first-order valence-corrected chi connectivity index (χ1v) is 10.0. The highest BCUT2D eigenvalue weighted by Gasteiger charge is 2.62. The summed E-state index contributed by atoms with van der Waals surface area (Å²) in [5.74, 6) is 2.97. The van der Waals surface area contributed by atoms with Crippen LogP contribution < -0.4 is 0 Å². The van der Waals surface area contributed by atoms with Crippen LogP contribution in [0.15, 0.2) is 0 Å². The Bertz CT molecular complexity index is 569. The predicted octanol–water partition coefficient (Wildman–Crippen LogP) is 3.77. The molecule has 1 N–H and O–H groups in total. The van der Waals surface area contributed by atoms with Crippen molar-refractivity contribution in [1.82, 2.24) is 0 Å². The third-order valence-corrected chi connectivity index (χ3v) is 8.95. The Labute approximate surface area is 145 Å². The van der Waals surface area contributed by atoms with Gasteiger partial charge in [-0.15, -0.1) is 0 Å². The summed E-state index contributed by atoms with van der Waals surface area (Å²) in [6.45, 7) is 6.86. The van der Waals surface area contributed by atoms with Crippen LogP contribution in [0, 0.1) is 40.4 Å². The van der Waals surface area contributed by atoms with Crippen LogP contribution in [0.4, 0.5) is 0 Å². The zero-order valence-electron chi connectivity index (χ0n) is 15.4. The van der Waals surface area contributed by atoms with Crippen molar-refractivity contribution in [3.8, 4) is 0 Å². The van der Waals surface area contributed by atoms with E-state index in [2.05, 4.69) is 20.8 Å². The molecule has 0 saturated heterocycles. The van der Waals surface area contributed by atoms with Crippen molar-refractivity contribution in [2.24, 2.45) is 40.4 Å². The van der Waals surface area contributed by atoms with Crippen LogP contribution in [0.5, 0.6) is 0 Å². The molecule has 1 unspecified atom stereocenters. The summed E-state index contributed by atoms with van der Waals surface area (Å²) in [6.07, 6.45) is 6.85. The second-order valence-electron chi connectivity index (χ2n) is 9.73. The normalized spacial score (nSPS) is 54.2. The molecular weight excluding hydrogens is 300 g/mol. The molecule has 3 nitrogen and oxygen atoms in total. The molecule has 4 saturated carbocycles. The van der Waals surface area contributed by atoms with Crippen molar-refractivity contribution in [2.45, 2.75) is 78.2 Å². The molecule has 8 atom stereocenters. The zero-order chi connectivity index (χ0) is 17.3. The van der Waals surface area contributed by atoms with E-state index in [1.54, 1.807) is 0 Å². The maximum Gasteiger partial charge on any atom is 0.161 e. The fraction of sp³-hybridized carbons (Fsp3) is 0.905. The maximum absolute atomic E-state index is 12.6. The standard InChI is InChI=1S/C21H32O3/c1-4-14-17(22)10-16-13-6-5-12-9-18(23)19(24)11-21(12,3)15(13)7-8-20(14,16)2/h12-16,18,23H,4-11H2,1-3H3/t12?,13-,14+,15+,16+,18-,20-,21+/m1/s1. The Balaban J connectivity index is 1.66. The fourth-order valence-corrected chi connectivity index (χ4v) is 7.68. The zero-order valence-corrected chi connectivity index (χ0v) is 15.4. The molecule has 0 spiro atoms. The van der Waals surface area contributed by atoms with Gasteiger partial charge in [-0.3, -0.25) is 9.59 Å². The summed E-state index contributed by atoms with van der Waals surface area (Å²) in [6, 6.07) is 0. The first kappa shape index (κ1) is 16.8. The van der Waals surface area contributed by atoms with Gasteiger partial charge < -0.3 is 5.11 Å². The van der Waals surface area contributed by atoms with Gasteiger partial charge in [0.15, 0.2) is 5.78 Å². The van der Waals surface area contributed by atoms with Crippen molar-refractivity contribution in [3.05, 3.63) is 0 Å². The molecule has 4 rings (SSSR count). The van der Waals surface area contributed by atoms with Crippen LogP contribution in [-0.2, 0) is 9.59 Å². The lowest BCUT2D eigenvalue weighted by molar-refractivity contribution is -0.154. The molecule has 0 bridgehead atoms. The summed E-state index contributed by atoms with van der Waals surface area (Å²) >= 11 is 0. The highest BCUT2D eigenvalue weighted by atomic mass is 16.3. The number of hydrogen-bond donors (Lipinski definition) is 1. The Morgan fingerprint density at radius 3 is 2.50 bits per heavy atom. The number of Topliss-reactive ketones (excluding diaryl/α,β-unsaturated/α-hetero) is 2. The van der Waals surface area contributed by atoms with Crippen molar-refractivity contribution in [2.75, 3.05) is 0 Å². The van der Waals surface area contributed by atoms with E-state index in [-0.39, 0.29) is 22.5 Å². The van der Waals surface area contributed by atoms with E-state index < -0.39 is 6.10 Å². The molecule has 0 amide bonds. The Hall–Kier alpha value is -0.700. The molecule has 3 heteroatoms. The second kappa shape index (κ2) is 5.40. The highest BCUT2D eigenvalue weighted by Crippen LogP contribution is 2.66. The minimum absolute atomic E-state index is 0.0495. The van der Waals surface area contributed by atoms with Crippen LogP contribution >= 0.6 is 0 Å². The molecule has 4 aliphatic carbocycles. The molecule has 24 heavy (non-hydrogen) atoms. The summed E-state index contributed by atoms with van der Waals surface area (Å²) in [5, 5.41) is 10.0. The molecule has 0 aliphatic heterocycles. The Morgan fingerprint density at radius 2 is 1.79 bits per heavy atom. The SMILES string of the molecule is CC[C@H]1C(=O)C[C@H]2[C@@H]3CCC4C[C@@H](O)C(=O)C[C@]4(C)[C@H]3CC[C@]12C. The number of carbonyl (C=O) groups is 2. The lowest BCUT2D eigenvalue weighted by Crippen LogP contribution is -2.55. The lowest BCUT2D eigenvalue weighted by Gasteiger charge is -2.60. The van der Waals surface area contributed by atoms with Gasteiger partial charge in [0.25, 0.3) is 0 Å². The third kappa shape index (κ3) is 2.06. The van der Waals surface area contributed by atoms with E-state index >= 15 is 0 Å². The van der Waals surface area contributed by atoms with E-state index in [1.165, 1.54) is 6.42 Å².